The summed E-state index contributed by atoms with van der Waals surface area (Å²) in [5.41, 5.74) is -1.07. The number of carbonyl (C=O) groups excluding carboxylic acids is 2. The first-order valence-corrected chi connectivity index (χ1v) is 9.49. The predicted octanol–water partition coefficient (Wildman–Crippen LogP) is 2.22. The molecule has 2 saturated heterocycles. The summed E-state index contributed by atoms with van der Waals surface area (Å²) >= 11 is 0. The Morgan fingerprint density at radius 2 is 1.96 bits per heavy atom. The normalized spacial score (nSPS) is 53.1. The highest BCUT2D eigenvalue weighted by Gasteiger charge is 2.77. The molecular weight excluding hydrogens is 320 g/mol. The number of fused-ring (bicyclic) bond motifs is 1. The Labute approximate surface area is 147 Å². The van der Waals surface area contributed by atoms with Crippen LogP contribution in [0, 0.1) is 34.0 Å². The van der Waals surface area contributed by atoms with Gasteiger partial charge in [0.05, 0.1) is 6.61 Å². The predicted molar refractivity (Wildman–Crippen MR) is 88.2 cm³/mol. The van der Waals surface area contributed by atoms with E-state index in [0.717, 1.165) is 25.7 Å². The van der Waals surface area contributed by atoms with Gasteiger partial charge in [-0.3, -0.25) is 9.59 Å². The summed E-state index contributed by atoms with van der Waals surface area (Å²) in [6, 6.07) is 0. The average molecular weight is 346 g/mol. The summed E-state index contributed by atoms with van der Waals surface area (Å²) in [5, 5.41) is 10.7. The Balaban J connectivity index is 1.71. The molecule has 0 amide bonds. The van der Waals surface area contributed by atoms with Gasteiger partial charge < -0.3 is 14.6 Å². The molecule has 3 aliphatic carbocycles. The minimum absolute atomic E-state index is 0.103. The molecule has 5 fully saturated rings. The van der Waals surface area contributed by atoms with Gasteiger partial charge in [0, 0.05) is 11.3 Å². The fourth-order valence-corrected chi connectivity index (χ4v) is 7.27. The largest absolute Gasteiger partial charge is 0.461 e. The van der Waals surface area contributed by atoms with E-state index in [4.69, 9.17) is 9.47 Å². The van der Waals surface area contributed by atoms with Crippen molar-refractivity contribution in [3.8, 4) is 0 Å². The highest BCUT2D eigenvalue weighted by atomic mass is 16.6. The van der Waals surface area contributed by atoms with Gasteiger partial charge in [-0.15, -0.1) is 0 Å². The van der Waals surface area contributed by atoms with Crippen LogP contribution in [0.25, 0.3) is 0 Å². The van der Waals surface area contributed by atoms with Crippen molar-refractivity contribution in [2.24, 2.45) is 34.0 Å². The molecule has 2 spiro atoms. The number of ether oxygens (including phenoxy) is 2. The molecule has 0 unspecified atom stereocenters. The van der Waals surface area contributed by atoms with Crippen molar-refractivity contribution in [2.75, 3.05) is 6.61 Å². The molecule has 5 nitrogen and oxygen atoms in total. The second-order valence-corrected chi connectivity index (χ2v) is 9.57. The zero-order valence-corrected chi connectivity index (χ0v) is 14.9. The van der Waals surface area contributed by atoms with Crippen molar-refractivity contribution in [3.63, 3.8) is 0 Å². The van der Waals surface area contributed by atoms with Crippen LogP contribution in [0.3, 0.4) is 0 Å². The number of aliphatic hydroxyl groups excluding tert-OH is 1. The van der Waals surface area contributed by atoms with Gasteiger partial charge >= 0.3 is 5.97 Å². The van der Waals surface area contributed by atoms with Crippen LogP contribution in [-0.2, 0) is 19.1 Å². The highest BCUT2D eigenvalue weighted by Crippen LogP contribution is 2.71. The number of aliphatic hydroxyl groups is 1. The zero-order valence-electron chi connectivity index (χ0n) is 14.9. The fraction of sp³-hybridized carbons (Fsp3) is 0.800. The first-order chi connectivity index (χ1) is 11.7. The molecule has 1 N–H and O–H groups in total. The summed E-state index contributed by atoms with van der Waals surface area (Å²) in [5.74, 6) is -0.586. The van der Waals surface area contributed by atoms with E-state index in [1.807, 2.05) is 0 Å². The van der Waals surface area contributed by atoms with E-state index >= 15 is 0 Å². The average Bonchev–Trinajstić information content (AvgIpc) is 3.01. The molecule has 7 atom stereocenters. The van der Waals surface area contributed by atoms with Crippen molar-refractivity contribution in [2.45, 2.75) is 58.3 Å². The van der Waals surface area contributed by atoms with Gasteiger partial charge in [-0.25, -0.2) is 0 Å². The van der Waals surface area contributed by atoms with E-state index in [0.29, 0.717) is 18.6 Å². The van der Waals surface area contributed by atoms with Crippen LogP contribution in [0.5, 0.6) is 0 Å². The van der Waals surface area contributed by atoms with Gasteiger partial charge in [0.2, 0.25) is 0 Å². The standard InChI is InChI=1S/C20H26O5/c1-10-11-4-5-12-19(8-11,15(10)21)17(23)25-13-6-7-18(2,3)14-16(22)24-9-20(12,13)14/h11-14,16,22H,1,4-9H2,2-3H3/t11-,12-,13+,14-,16-,19+,20-/m1/s1. The van der Waals surface area contributed by atoms with Crippen LogP contribution in [0.15, 0.2) is 12.2 Å². The molecular formula is C20H26O5. The molecule has 0 aromatic carbocycles. The molecule has 136 valence electrons. The van der Waals surface area contributed by atoms with E-state index in [1.54, 1.807) is 0 Å². The van der Waals surface area contributed by atoms with Crippen molar-refractivity contribution in [1.29, 1.82) is 0 Å². The number of hydrogen-bond donors (Lipinski definition) is 1. The van der Waals surface area contributed by atoms with Crippen molar-refractivity contribution < 1.29 is 24.2 Å². The van der Waals surface area contributed by atoms with Gasteiger partial charge in [-0.2, -0.15) is 0 Å². The third kappa shape index (κ3) is 1.59. The van der Waals surface area contributed by atoms with Gasteiger partial charge in [0.15, 0.2) is 12.1 Å². The molecule has 2 aliphatic heterocycles. The van der Waals surface area contributed by atoms with E-state index in [1.165, 1.54) is 0 Å². The molecule has 25 heavy (non-hydrogen) atoms. The lowest BCUT2D eigenvalue weighted by molar-refractivity contribution is -0.236. The lowest BCUT2D eigenvalue weighted by atomic mass is 9.44. The van der Waals surface area contributed by atoms with Crippen molar-refractivity contribution in [3.05, 3.63) is 12.2 Å². The van der Waals surface area contributed by atoms with Crippen LogP contribution >= 0.6 is 0 Å². The first-order valence-electron chi connectivity index (χ1n) is 9.49. The molecule has 5 heteroatoms. The molecule has 5 aliphatic rings. The topological polar surface area (TPSA) is 72.8 Å². The summed E-state index contributed by atoms with van der Waals surface area (Å²) in [6.07, 6.45) is 2.77. The van der Waals surface area contributed by atoms with Gasteiger partial charge in [-0.1, -0.05) is 20.4 Å². The maximum atomic E-state index is 13.2. The van der Waals surface area contributed by atoms with Crippen molar-refractivity contribution >= 4 is 11.8 Å². The van der Waals surface area contributed by atoms with Crippen LogP contribution in [0.4, 0.5) is 0 Å². The van der Waals surface area contributed by atoms with E-state index in [9.17, 15) is 14.7 Å². The maximum absolute atomic E-state index is 13.2. The number of carbonyl (C=O) groups is 2. The maximum Gasteiger partial charge on any atom is 0.320 e. The van der Waals surface area contributed by atoms with Crippen molar-refractivity contribution in [1.82, 2.24) is 0 Å². The Bertz CT molecular complexity index is 696. The monoisotopic (exact) mass is 346 g/mol. The summed E-state index contributed by atoms with van der Waals surface area (Å²) in [6.45, 7) is 8.69. The molecule has 0 aromatic rings. The number of rotatable bonds is 0. The smallest absolute Gasteiger partial charge is 0.320 e. The van der Waals surface area contributed by atoms with Gasteiger partial charge in [0.25, 0.3) is 0 Å². The Morgan fingerprint density at radius 1 is 1.20 bits per heavy atom. The fourth-order valence-electron chi connectivity index (χ4n) is 7.27. The van der Waals surface area contributed by atoms with Crippen LogP contribution in [0.1, 0.15) is 46.0 Å². The number of allylic oxidation sites excluding steroid dienone is 1. The molecule has 0 radical (unpaired) electrons. The number of hydrogen-bond acceptors (Lipinski definition) is 5. The van der Waals surface area contributed by atoms with Crippen LogP contribution < -0.4 is 0 Å². The van der Waals surface area contributed by atoms with Gasteiger partial charge in [0.1, 0.15) is 11.5 Å². The second kappa shape index (κ2) is 4.55. The SMILES string of the molecule is C=C1C(=O)[C@]23C[C@H]1CC[C@H]2[C@@]12CO[C@@H](O)[C@@H]1C(C)(C)CC[C@@H]2OC3=O. The summed E-state index contributed by atoms with van der Waals surface area (Å²) < 4.78 is 11.7. The molecule has 3 saturated carbocycles. The van der Waals surface area contributed by atoms with Gasteiger partial charge in [-0.05, 0) is 54.9 Å². The molecule has 2 heterocycles. The number of Topliss-reactive ketones (excluding diaryl/α,β-unsaturated/α-hetero) is 1. The van der Waals surface area contributed by atoms with E-state index < -0.39 is 17.1 Å². The Hall–Kier alpha value is -1.20. The second-order valence-electron chi connectivity index (χ2n) is 9.57. The molecule has 0 aromatic heterocycles. The number of esters is 1. The van der Waals surface area contributed by atoms with Crippen LogP contribution in [0.2, 0.25) is 0 Å². The quantitative estimate of drug-likeness (QED) is 0.414. The highest BCUT2D eigenvalue weighted by molar-refractivity contribution is 6.15. The zero-order chi connectivity index (χ0) is 17.8. The minimum atomic E-state index is -1.09. The summed E-state index contributed by atoms with van der Waals surface area (Å²) in [4.78, 5) is 26.2. The lowest BCUT2D eigenvalue weighted by Crippen LogP contribution is -2.68. The minimum Gasteiger partial charge on any atom is -0.461 e. The summed E-state index contributed by atoms with van der Waals surface area (Å²) in [7, 11) is 0. The Morgan fingerprint density at radius 3 is 2.72 bits per heavy atom. The lowest BCUT2D eigenvalue weighted by Gasteiger charge is -2.61. The molecule has 5 rings (SSSR count). The first kappa shape index (κ1) is 16.0. The van der Waals surface area contributed by atoms with Crippen LogP contribution in [-0.4, -0.2) is 35.9 Å². The number of ketones is 1. The Kier molecular flexibility index (Phi) is 2.91. The third-order valence-corrected chi connectivity index (χ3v) is 8.28. The molecule has 2 bridgehead atoms. The third-order valence-electron chi connectivity index (χ3n) is 8.28. The van der Waals surface area contributed by atoms with E-state index in [2.05, 4.69) is 20.4 Å². The van der Waals surface area contributed by atoms with E-state index in [-0.39, 0.29) is 41.0 Å².